The molecule has 0 saturated carbocycles. The number of nitrogens with one attached hydrogen (secondary N) is 1. The number of nitrogens with zero attached hydrogens (tertiary/aromatic N) is 3. The second kappa shape index (κ2) is 8.35. The SMILES string of the molecule is CCCn1c(CN)nnc1SCC(=O)NCC1CCCO1. The number of rotatable bonds is 8. The monoisotopic (exact) mass is 313 g/mol. The van der Waals surface area contributed by atoms with Crippen LogP contribution in [0.2, 0.25) is 0 Å². The molecule has 1 saturated heterocycles. The van der Waals surface area contributed by atoms with Crippen LogP contribution < -0.4 is 11.1 Å². The summed E-state index contributed by atoms with van der Waals surface area (Å²) < 4.78 is 7.46. The second-order valence-corrected chi connectivity index (χ2v) is 5.92. The quantitative estimate of drug-likeness (QED) is 0.680. The van der Waals surface area contributed by atoms with Gasteiger partial charge in [-0.1, -0.05) is 18.7 Å². The third kappa shape index (κ3) is 4.69. The summed E-state index contributed by atoms with van der Waals surface area (Å²) in [6, 6.07) is 0. The van der Waals surface area contributed by atoms with Gasteiger partial charge in [0, 0.05) is 19.7 Å². The van der Waals surface area contributed by atoms with Crippen molar-refractivity contribution in [2.45, 2.75) is 50.5 Å². The Bertz CT molecular complexity index is 459. The predicted octanol–water partition coefficient (Wildman–Crippen LogP) is 0.534. The summed E-state index contributed by atoms with van der Waals surface area (Å²) in [7, 11) is 0. The molecule has 118 valence electrons. The van der Waals surface area contributed by atoms with Gasteiger partial charge in [0.1, 0.15) is 5.82 Å². The normalized spacial score (nSPS) is 18.1. The molecule has 2 rings (SSSR count). The fourth-order valence-corrected chi connectivity index (χ4v) is 3.05. The Balaban J connectivity index is 1.78. The maximum absolute atomic E-state index is 11.8. The van der Waals surface area contributed by atoms with Crippen LogP contribution in [0.4, 0.5) is 0 Å². The number of hydrogen-bond donors (Lipinski definition) is 2. The summed E-state index contributed by atoms with van der Waals surface area (Å²) in [5, 5.41) is 11.8. The Morgan fingerprint density at radius 1 is 1.57 bits per heavy atom. The van der Waals surface area contributed by atoms with Crippen LogP contribution in [-0.4, -0.2) is 45.7 Å². The molecule has 8 heteroatoms. The Hall–Kier alpha value is -1.12. The maximum Gasteiger partial charge on any atom is 0.230 e. The highest BCUT2D eigenvalue weighted by Crippen LogP contribution is 2.17. The highest BCUT2D eigenvalue weighted by atomic mass is 32.2. The largest absolute Gasteiger partial charge is 0.376 e. The predicted molar refractivity (Wildman–Crippen MR) is 80.9 cm³/mol. The average Bonchev–Trinajstić information content (AvgIpc) is 3.13. The lowest BCUT2D eigenvalue weighted by atomic mass is 10.2. The number of carbonyl (C=O) groups is 1. The van der Waals surface area contributed by atoms with E-state index in [9.17, 15) is 4.79 Å². The molecular formula is C13H23N5O2S. The van der Waals surface area contributed by atoms with Gasteiger partial charge in [0.2, 0.25) is 5.91 Å². The van der Waals surface area contributed by atoms with E-state index < -0.39 is 0 Å². The number of carbonyl (C=O) groups excluding carboxylic acids is 1. The molecule has 21 heavy (non-hydrogen) atoms. The first-order valence-corrected chi connectivity index (χ1v) is 8.36. The molecule has 1 aliphatic heterocycles. The number of thioether (sulfide) groups is 1. The molecule has 1 amide bonds. The fourth-order valence-electron chi connectivity index (χ4n) is 2.24. The van der Waals surface area contributed by atoms with Crippen molar-refractivity contribution >= 4 is 17.7 Å². The molecule has 0 aromatic carbocycles. The summed E-state index contributed by atoms with van der Waals surface area (Å²) in [5.74, 6) is 1.09. The van der Waals surface area contributed by atoms with E-state index in [1.54, 1.807) is 0 Å². The lowest BCUT2D eigenvalue weighted by Crippen LogP contribution is -2.32. The van der Waals surface area contributed by atoms with Crippen molar-refractivity contribution in [2.24, 2.45) is 5.73 Å². The van der Waals surface area contributed by atoms with Crippen LogP contribution in [0, 0.1) is 0 Å². The Morgan fingerprint density at radius 2 is 2.43 bits per heavy atom. The van der Waals surface area contributed by atoms with Gasteiger partial charge in [0.15, 0.2) is 5.16 Å². The molecule has 0 bridgehead atoms. The number of aromatic nitrogens is 3. The molecule has 1 fully saturated rings. The molecule has 0 spiro atoms. The van der Waals surface area contributed by atoms with E-state index in [1.807, 2.05) is 4.57 Å². The van der Waals surface area contributed by atoms with Crippen molar-refractivity contribution in [3.05, 3.63) is 5.82 Å². The van der Waals surface area contributed by atoms with Crippen molar-refractivity contribution in [2.75, 3.05) is 18.9 Å². The van der Waals surface area contributed by atoms with Gasteiger partial charge in [-0.05, 0) is 19.3 Å². The molecule has 1 unspecified atom stereocenters. The van der Waals surface area contributed by atoms with Crippen molar-refractivity contribution in [3.63, 3.8) is 0 Å². The van der Waals surface area contributed by atoms with Gasteiger partial charge in [0.25, 0.3) is 0 Å². The molecule has 3 N–H and O–H groups in total. The van der Waals surface area contributed by atoms with Crippen molar-refractivity contribution in [1.82, 2.24) is 20.1 Å². The molecule has 1 aromatic rings. The zero-order valence-electron chi connectivity index (χ0n) is 12.4. The van der Waals surface area contributed by atoms with E-state index in [2.05, 4.69) is 22.4 Å². The summed E-state index contributed by atoms with van der Waals surface area (Å²) >= 11 is 1.39. The average molecular weight is 313 g/mol. The highest BCUT2D eigenvalue weighted by molar-refractivity contribution is 7.99. The highest BCUT2D eigenvalue weighted by Gasteiger charge is 2.17. The summed E-state index contributed by atoms with van der Waals surface area (Å²) in [5.41, 5.74) is 5.64. The third-order valence-electron chi connectivity index (χ3n) is 3.31. The van der Waals surface area contributed by atoms with Gasteiger partial charge in [-0.3, -0.25) is 4.79 Å². The number of amides is 1. The van der Waals surface area contributed by atoms with E-state index in [-0.39, 0.29) is 12.0 Å². The molecule has 7 nitrogen and oxygen atoms in total. The summed E-state index contributed by atoms with van der Waals surface area (Å²) in [6.45, 7) is 4.66. The second-order valence-electron chi connectivity index (χ2n) is 4.98. The number of nitrogens with two attached hydrogens (primary N) is 1. The minimum absolute atomic E-state index is 0.00385. The standard InChI is InChI=1S/C13H23N5O2S/c1-2-5-18-11(7-14)16-17-13(18)21-9-12(19)15-8-10-4-3-6-20-10/h10H,2-9,14H2,1H3,(H,15,19). The zero-order valence-corrected chi connectivity index (χ0v) is 13.2. The lowest BCUT2D eigenvalue weighted by Gasteiger charge is -2.11. The van der Waals surface area contributed by atoms with Gasteiger partial charge >= 0.3 is 0 Å². The number of hydrogen-bond acceptors (Lipinski definition) is 6. The van der Waals surface area contributed by atoms with E-state index in [1.165, 1.54) is 11.8 Å². The first-order chi connectivity index (χ1) is 10.2. The first kappa shape index (κ1) is 16.3. The third-order valence-corrected chi connectivity index (χ3v) is 4.27. The van der Waals surface area contributed by atoms with Gasteiger partial charge in [-0.15, -0.1) is 10.2 Å². The molecule has 1 aromatic heterocycles. The Morgan fingerprint density at radius 3 is 3.10 bits per heavy atom. The molecule has 2 heterocycles. The van der Waals surface area contributed by atoms with Gasteiger partial charge in [-0.25, -0.2) is 0 Å². The van der Waals surface area contributed by atoms with Crippen LogP contribution in [-0.2, 0) is 22.6 Å². The fraction of sp³-hybridized carbons (Fsp3) is 0.769. The summed E-state index contributed by atoms with van der Waals surface area (Å²) in [6.07, 6.45) is 3.26. The molecule has 0 aliphatic carbocycles. The van der Waals surface area contributed by atoms with Crippen LogP contribution in [0.25, 0.3) is 0 Å². The minimum atomic E-state index is -0.00385. The van der Waals surface area contributed by atoms with Gasteiger partial charge in [-0.2, -0.15) is 0 Å². The van der Waals surface area contributed by atoms with E-state index >= 15 is 0 Å². The molecule has 0 radical (unpaired) electrons. The smallest absolute Gasteiger partial charge is 0.230 e. The van der Waals surface area contributed by atoms with Crippen LogP contribution in [0.15, 0.2) is 5.16 Å². The topological polar surface area (TPSA) is 95.1 Å². The Labute approximate surface area is 129 Å². The summed E-state index contributed by atoms with van der Waals surface area (Å²) in [4.78, 5) is 11.8. The molecular weight excluding hydrogens is 290 g/mol. The van der Waals surface area contributed by atoms with Gasteiger partial charge < -0.3 is 20.4 Å². The lowest BCUT2D eigenvalue weighted by molar-refractivity contribution is -0.119. The van der Waals surface area contributed by atoms with Crippen LogP contribution in [0.3, 0.4) is 0 Å². The van der Waals surface area contributed by atoms with Crippen LogP contribution in [0.1, 0.15) is 32.0 Å². The van der Waals surface area contributed by atoms with Crippen LogP contribution >= 0.6 is 11.8 Å². The zero-order chi connectivity index (χ0) is 15.1. The number of ether oxygens (including phenoxy) is 1. The van der Waals surface area contributed by atoms with Crippen molar-refractivity contribution in [3.8, 4) is 0 Å². The molecule has 1 atom stereocenters. The maximum atomic E-state index is 11.8. The first-order valence-electron chi connectivity index (χ1n) is 7.37. The van der Waals surface area contributed by atoms with E-state index in [0.717, 1.165) is 43.4 Å². The van der Waals surface area contributed by atoms with Crippen molar-refractivity contribution < 1.29 is 9.53 Å². The molecule has 1 aliphatic rings. The van der Waals surface area contributed by atoms with Gasteiger partial charge in [0.05, 0.1) is 18.4 Å². The Kier molecular flexibility index (Phi) is 6.47. The van der Waals surface area contributed by atoms with Crippen LogP contribution in [0.5, 0.6) is 0 Å². The van der Waals surface area contributed by atoms with E-state index in [0.29, 0.717) is 18.8 Å². The van der Waals surface area contributed by atoms with E-state index in [4.69, 9.17) is 10.5 Å². The van der Waals surface area contributed by atoms with Crippen molar-refractivity contribution in [1.29, 1.82) is 0 Å². The minimum Gasteiger partial charge on any atom is -0.376 e.